The molecule has 1 aromatic carbocycles. The molecule has 2 heterocycles. The van der Waals surface area contributed by atoms with Crippen molar-refractivity contribution in [2.45, 2.75) is 13.8 Å². The second kappa shape index (κ2) is 7.79. The molecule has 0 saturated carbocycles. The van der Waals surface area contributed by atoms with Crippen LogP contribution in [-0.2, 0) is 9.53 Å². The van der Waals surface area contributed by atoms with E-state index in [0.29, 0.717) is 27.3 Å². The molecule has 1 saturated heterocycles. The van der Waals surface area contributed by atoms with Crippen molar-refractivity contribution in [3.63, 3.8) is 0 Å². The highest BCUT2D eigenvalue weighted by molar-refractivity contribution is 8.18. The van der Waals surface area contributed by atoms with E-state index >= 15 is 0 Å². The van der Waals surface area contributed by atoms with Crippen molar-refractivity contribution in [3.05, 3.63) is 45.3 Å². The lowest BCUT2D eigenvalue weighted by Gasteiger charge is -2.11. The molecule has 0 N–H and O–H groups in total. The molecule has 1 aromatic heterocycles. The number of esters is 1. The van der Waals surface area contributed by atoms with Crippen LogP contribution in [0.1, 0.15) is 27.9 Å². The summed E-state index contributed by atoms with van der Waals surface area (Å²) in [7, 11) is 1.34. The molecule has 0 atom stereocenters. The van der Waals surface area contributed by atoms with E-state index in [9.17, 15) is 9.59 Å². The van der Waals surface area contributed by atoms with Gasteiger partial charge in [-0.15, -0.1) is 10.2 Å². The van der Waals surface area contributed by atoms with Crippen molar-refractivity contribution in [2.75, 3.05) is 13.7 Å². The first kappa shape index (κ1) is 18.3. The van der Waals surface area contributed by atoms with Crippen LogP contribution in [0.4, 0.5) is 5.13 Å². The second-order valence-electron chi connectivity index (χ2n) is 5.27. The zero-order valence-electron chi connectivity index (χ0n) is 14.4. The summed E-state index contributed by atoms with van der Waals surface area (Å²) in [6.07, 6.45) is 1.78. The van der Waals surface area contributed by atoms with Gasteiger partial charge in [-0.2, -0.15) is 4.99 Å². The second-order valence-corrected chi connectivity index (χ2v) is 7.44. The number of amides is 1. The van der Waals surface area contributed by atoms with Crippen molar-refractivity contribution in [1.29, 1.82) is 0 Å². The lowest BCUT2D eigenvalue weighted by Crippen LogP contribution is -2.28. The molecule has 1 aliphatic rings. The number of amidine groups is 1. The fraction of sp³-hybridized carbons (Fsp3) is 0.235. The number of ether oxygens (including phenoxy) is 1. The molecule has 2 aromatic rings. The number of rotatable bonds is 4. The largest absolute Gasteiger partial charge is 0.465 e. The van der Waals surface area contributed by atoms with Gasteiger partial charge in [0.15, 0.2) is 5.17 Å². The van der Waals surface area contributed by atoms with Gasteiger partial charge < -0.3 is 4.74 Å². The number of methoxy groups -OCH3 is 1. The molecular formula is C17H16N4O3S2. The van der Waals surface area contributed by atoms with Gasteiger partial charge in [-0.05, 0) is 49.4 Å². The van der Waals surface area contributed by atoms with Crippen LogP contribution in [0.2, 0.25) is 0 Å². The van der Waals surface area contributed by atoms with Gasteiger partial charge in [-0.3, -0.25) is 9.69 Å². The molecule has 1 fully saturated rings. The third-order valence-corrected chi connectivity index (χ3v) is 5.28. The fourth-order valence-corrected chi connectivity index (χ4v) is 3.93. The Bertz CT molecular complexity index is 903. The van der Waals surface area contributed by atoms with Crippen molar-refractivity contribution in [2.24, 2.45) is 4.99 Å². The van der Waals surface area contributed by atoms with E-state index in [1.165, 1.54) is 30.2 Å². The Labute approximate surface area is 158 Å². The summed E-state index contributed by atoms with van der Waals surface area (Å²) in [5, 5.41) is 9.86. The number of benzene rings is 1. The minimum Gasteiger partial charge on any atom is -0.465 e. The number of aliphatic imine (C=N–C) groups is 1. The summed E-state index contributed by atoms with van der Waals surface area (Å²) >= 11 is 2.68. The number of aromatic nitrogens is 2. The van der Waals surface area contributed by atoms with Crippen LogP contribution in [0.5, 0.6) is 0 Å². The monoisotopic (exact) mass is 388 g/mol. The van der Waals surface area contributed by atoms with Gasteiger partial charge in [0.25, 0.3) is 5.91 Å². The van der Waals surface area contributed by atoms with Crippen LogP contribution in [0, 0.1) is 6.92 Å². The number of thioether (sulfide) groups is 1. The molecule has 7 nitrogen and oxygen atoms in total. The highest BCUT2D eigenvalue weighted by Crippen LogP contribution is 2.34. The van der Waals surface area contributed by atoms with Crippen LogP contribution < -0.4 is 0 Å². The van der Waals surface area contributed by atoms with E-state index in [1.807, 2.05) is 13.8 Å². The number of hydrogen-bond acceptors (Lipinski definition) is 8. The first-order valence-electron chi connectivity index (χ1n) is 7.80. The summed E-state index contributed by atoms with van der Waals surface area (Å²) in [5.41, 5.74) is 1.28. The van der Waals surface area contributed by atoms with Gasteiger partial charge in [0, 0.05) is 6.54 Å². The lowest BCUT2D eigenvalue weighted by atomic mass is 10.1. The van der Waals surface area contributed by atoms with Gasteiger partial charge in [-0.25, -0.2) is 4.79 Å². The summed E-state index contributed by atoms with van der Waals surface area (Å²) in [6, 6.07) is 6.87. The molecule has 26 heavy (non-hydrogen) atoms. The summed E-state index contributed by atoms with van der Waals surface area (Å²) in [5.74, 6) is -0.496. The predicted octanol–water partition coefficient (Wildman–Crippen LogP) is 3.26. The number of hydrogen-bond donors (Lipinski definition) is 0. The first-order valence-corrected chi connectivity index (χ1v) is 9.43. The van der Waals surface area contributed by atoms with Gasteiger partial charge >= 0.3 is 5.97 Å². The SMILES string of the molecule is CCN1C(=O)/C(=C/c2ccc(C(=O)OC)cc2)S/C1=N/c1nnc(C)s1. The maximum Gasteiger partial charge on any atom is 0.337 e. The summed E-state index contributed by atoms with van der Waals surface area (Å²) in [6.45, 7) is 4.27. The average Bonchev–Trinajstić information content (AvgIpc) is 3.18. The van der Waals surface area contributed by atoms with Gasteiger partial charge in [-0.1, -0.05) is 23.5 Å². The minimum absolute atomic E-state index is 0.102. The Balaban J connectivity index is 1.86. The van der Waals surface area contributed by atoms with E-state index in [2.05, 4.69) is 19.9 Å². The molecule has 1 amide bonds. The molecule has 0 unspecified atom stereocenters. The highest BCUT2D eigenvalue weighted by Gasteiger charge is 2.32. The Morgan fingerprint density at radius 1 is 1.31 bits per heavy atom. The van der Waals surface area contributed by atoms with E-state index in [1.54, 1.807) is 35.2 Å². The fourth-order valence-electron chi connectivity index (χ4n) is 2.27. The van der Waals surface area contributed by atoms with Crippen LogP contribution >= 0.6 is 23.1 Å². The lowest BCUT2D eigenvalue weighted by molar-refractivity contribution is -0.122. The Morgan fingerprint density at radius 3 is 2.62 bits per heavy atom. The topological polar surface area (TPSA) is 84.8 Å². The Kier molecular flexibility index (Phi) is 5.48. The van der Waals surface area contributed by atoms with Gasteiger partial charge in [0.2, 0.25) is 5.13 Å². The van der Waals surface area contributed by atoms with E-state index in [0.717, 1.165) is 10.6 Å². The average molecular weight is 388 g/mol. The molecule has 134 valence electrons. The zero-order chi connectivity index (χ0) is 18.7. The maximum absolute atomic E-state index is 12.6. The summed E-state index contributed by atoms with van der Waals surface area (Å²) < 4.78 is 4.68. The quantitative estimate of drug-likeness (QED) is 0.590. The Morgan fingerprint density at radius 2 is 2.04 bits per heavy atom. The van der Waals surface area contributed by atoms with Crippen molar-refractivity contribution in [1.82, 2.24) is 15.1 Å². The smallest absolute Gasteiger partial charge is 0.337 e. The molecular weight excluding hydrogens is 372 g/mol. The third kappa shape index (κ3) is 3.83. The van der Waals surface area contributed by atoms with Crippen LogP contribution in [-0.4, -0.2) is 45.8 Å². The third-order valence-electron chi connectivity index (χ3n) is 3.54. The highest BCUT2D eigenvalue weighted by atomic mass is 32.2. The van der Waals surface area contributed by atoms with Gasteiger partial charge in [0.05, 0.1) is 17.6 Å². The molecule has 3 rings (SSSR count). The predicted molar refractivity (Wildman–Crippen MR) is 102 cm³/mol. The molecule has 0 bridgehead atoms. The van der Waals surface area contributed by atoms with Crippen LogP contribution in [0.15, 0.2) is 34.2 Å². The minimum atomic E-state index is -0.394. The molecule has 0 spiro atoms. The molecule has 9 heteroatoms. The molecule has 0 aliphatic carbocycles. The number of nitrogens with zero attached hydrogens (tertiary/aromatic N) is 4. The summed E-state index contributed by atoms with van der Waals surface area (Å²) in [4.78, 5) is 30.7. The van der Waals surface area contributed by atoms with E-state index in [-0.39, 0.29) is 5.91 Å². The van der Waals surface area contributed by atoms with Crippen molar-refractivity contribution < 1.29 is 14.3 Å². The van der Waals surface area contributed by atoms with Crippen molar-refractivity contribution >= 4 is 51.4 Å². The Hall–Kier alpha value is -2.52. The number of likely N-dealkylation sites (N-methyl/N-ethyl adjacent to an activating group) is 1. The number of carbonyl (C=O) groups excluding carboxylic acids is 2. The maximum atomic E-state index is 12.6. The molecule has 1 aliphatic heterocycles. The number of aryl methyl sites for hydroxylation is 1. The number of carbonyl (C=O) groups is 2. The van der Waals surface area contributed by atoms with E-state index < -0.39 is 5.97 Å². The van der Waals surface area contributed by atoms with Gasteiger partial charge in [0.1, 0.15) is 5.01 Å². The van der Waals surface area contributed by atoms with Crippen LogP contribution in [0.25, 0.3) is 6.08 Å². The van der Waals surface area contributed by atoms with E-state index in [4.69, 9.17) is 0 Å². The van der Waals surface area contributed by atoms with Crippen LogP contribution in [0.3, 0.4) is 0 Å². The van der Waals surface area contributed by atoms with Crippen molar-refractivity contribution in [3.8, 4) is 0 Å². The standard InChI is InChI=1S/C17H16N4O3S2/c1-4-21-14(22)13(26-17(21)18-16-20-19-10(2)25-16)9-11-5-7-12(8-6-11)15(23)24-3/h5-9H,4H2,1-3H3/b13-9-,18-17+. The molecule has 0 radical (unpaired) electrons. The zero-order valence-corrected chi connectivity index (χ0v) is 16.1. The normalized spacial score (nSPS) is 17.3. The first-order chi connectivity index (χ1) is 12.5.